The maximum Gasteiger partial charge on any atom is 0.273 e. The molecule has 3 aromatic rings. The van der Waals surface area contributed by atoms with Crippen molar-refractivity contribution >= 4 is 11.6 Å². The molecule has 28 heavy (non-hydrogen) atoms. The van der Waals surface area contributed by atoms with Crippen molar-refractivity contribution in [2.45, 2.75) is 31.7 Å². The van der Waals surface area contributed by atoms with Crippen molar-refractivity contribution in [1.29, 1.82) is 0 Å². The largest absolute Gasteiger partial charge is 0.372 e. The maximum atomic E-state index is 13.0. The van der Waals surface area contributed by atoms with Gasteiger partial charge in [-0.25, -0.2) is 9.07 Å². The van der Waals surface area contributed by atoms with Crippen LogP contribution in [0.2, 0.25) is 0 Å². The Morgan fingerprint density at radius 1 is 1.25 bits per heavy atom. The molecular formula is C20H20FN5O2. The van der Waals surface area contributed by atoms with E-state index in [9.17, 15) is 14.3 Å². The smallest absolute Gasteiger partial charge is 0.273 e. The van der Waals surface area contributed by atoms with Gasteiger partial charge in [-0.1, -0.05) is 35.5 Å². The fraction of sp³-hybridized carbons (Fsp3) is 0.250. The van der Waals surface area contributed by atoms with E-state index in [4.69, 9.17) is 0 Å². The van der Waals surface area contributed by atoms with E-state index < -0.39 is 18.2 Å². The third kappa shape index (κ3) is 4.01. The van der Waals surface area contributed by atoms with Crippen LogP contribution in [0.5, 0.6) is 0 Å². The molecule has 2 aromatic carbocycles. The van der Waals surface area contributed by atoms with Crippen LogP contribution in [0.1, 0.15) is 28.0 Å². The summed E-state index contributed by atoms with van der Waals surface area (Å²) in [6, 6.07) is 13.4. The number of nitrogens with one attached hydrogen (secondary N) is 2. The van der Waals surface area contributed by atoms with E-state index in [0.29, 0.717) is 13.0 Å². The van der Waals surface area contributed by atoms with E-state index in [1.54, 1.807) is 12.1 Å². The van der Waals surface area contributed by atoms with E-state index in [0.717, 1.165) is 23.2 Å². The lowest BCUT2D eigenvalue weighted by atomic mass is 10.1. The fourth-order valence-corrected chi connectivity index (χ4v) is 3.26. The first-order valence-corrected chi connectivity index (χ1v) is 9.06. The summed E-state index contributed by atoms with van der Waals surface area (Å²) in [5, 5.41) is 24.1. The fourth-order valence-electron chi connectivity index (χ4n) is 3.26. The molecule has 1 aliphatic rings. The molecule has 0 saturated heterocycles. The Bertz CT molecular complexity index is 973. The SMILES string of the molecule is O=C(N[C@H]1CCc2ccccc2NC1O)c1cn(Cc2ccc(F)cc2)nn1. The first-order chi connectivity index (χ1) is 13.6. The number of carbonyl (C=O) groups excluding carboxylic acids is 1. The lowest BCUT2D eigenvalue weighted by molar-refractivity contribution is 0.0859. The Balaban J connectivity index is 1.40. The highest BCUT2D eigenvalue weighted by Gasteiger charge is 2.26. The molecule has 8 heteroatoms. The predicted molar refractivity (Wildman–Crippen MR) is 101 cm³/mol. The number of aliphatic hydroxyl groups excluding tert-OH is 1. The molecular weight excluding hydrogens is 361 g/mol. The van der Waals surface area contributed by atoms with Crippen molar-refractivity contribution in [1.82, 2.24) is 20.3 Å². The Kier molecular flexibility index (Phi) is 5.03. The number of nitrogens with zero attached hydrogens (tertiary/aromatic N) is 3. The van der Waals surface area contributed by atoms with Gasteiger partial charge in [0.1, 0.15) is 12.0 Å². The molecule has 0 aliphatic carbocycles. The summed E-state index contributed by atoms with van der Waals surface area (Å²) in [6.45, 7) is 0.378. The summed E-state index contributed by atoms with van der Waals surface area (Å²) in [5.41, 5.74) is 2.98. The number of aryl methyl sites for hydroxylation is 1. The van der Waals surface area contributed by atoms with Crippen molar-refractivity contribution in [2.24, 2.45) is 0 Å². The number of aliphatic hydroxyl groups is 1. The molecule has 4 rings (SSSR count). The van der Waals surface area contributed by atoms with Crippen LogP contribution >= 0.6 is 0 Å². The van der Waals surface area contributed by atoms with Crippen molar-refractivity contribution in [3.8, 4) is 0 Å². The van der Waals surface area contributed by atoms with Crippen LogP contribution in [-0.2, 0) is 13.0 Å². The van der Waals surface area contributed by atoms with Crippen LogP contribution in [0.15, 0.2) is 54.7 Å². The van der Waals surface area contributed by atoms with Gasteiger partial charge in [-0.15, -0.1) is 5.10 Å². The topological polar surface area (TPSA) is 92.1 Å². The zero-order valence-corrected chi connectivity index (χ0v) is 15.0. The lowest BCUT2D eigenvalue weighted by Crippen LogP contribution is -2.46. The van der Waals surface area contributed by atoms with Crippen molar-refractivity contribution in [2.75, 3.05) is 5.32 Å². The normalized spacial score (nSPS) is 18.6. The number of fused-ring (bicyclic) bond motifs is 1. The van der Waals surface area contributed by atoms with Crippen LogP contribution in [0.4, 0.5) is 10.1 Å². The van der Waals surface area contributed by atoms with Gasteiger partial charge in [0.05, 0.1) is 18.8 Å². The second-order valence-corrected chi connectivity index (χ2v) is 6.79. The summed E-state index contributed by atoms with van der Waals surface area (Å²) < 4.78 is 14.5. The molecule has 144 valence electrons. The first-order valence-electron chi connectivity index (χ1n) is 9.06. The number of hydrogen-bond donors (Lipinski definition) is 3. The molecule has 0 radical (unpaired) electrons. The molecule has 7 nitrogen and oxygen atoms in total. The van der Waals surface area contributed by atoms with Gasteiger partial charge in [0.2, 0.25) is 0 Å². The highest BCUT2D eigenvalue weighted by atomic mass is 19.1. The van der Waals surface area contributed by atoms with Gasteiger partial charge in [0.15, 0.2) is 5.69 Å². The van der Waals surface area contributed by atoms with E-state index in [-0.39, 0.29) is 11.5 Å². The summed E-state index contributed by atoms with van der Waals surface area (Å²) in [7, 11) is 0. The van der Waals surface area contributed by atoms with Crippen LogP contribution in [-0.4, -0.2) is 38.3 Å². The van der Waals surface area contributed by atoms with Gasteiger partial charge < -0.3 is 15.7 Å². The number of rotatable bonds is 4. The van der Waals surface area contributed by atoms with Crippen LogP contribution in [0.25, 0.3) is 0 Å². The minimum atomic E-state index is -0.901. The molecule has 0 spiro atoms. The Morgan fingerprint density at radius 2 is 2.04 bits per heavy atom. The Labute approximate surface area is 161 Å². The minimum Gasteiger partial charge on any atom is -0.372 e. The van der Waals surface area contributed by atoms with Gasteiger partial charge in [-0.3, -0.25) is 4.79 Å². The molecule has 2 heterocycles. The summed E-state index contributed by atoms with van der Waals surface area (Å²) in [4.78, 5) is 12.5. The number of para-hydroxylation sites is 1. The zero-order chi connectivity index (χ0) is 19.5. The van der Waals surface area contributed by atoms with Crippen molar-refractivity contribution < 1.29 is 14.3 Å². The number of amides is 1. The molecule has 1 aliphatic heterocycles. The van der Waals surface area contributed by atoms with Crippen LogP contribution in [0, 0.1) is 5.82 Å². The lowest BCUT2D eigenvalue weighted by Gasteiger charge is -2.22. The maximum absolute atomic E-state index is 13.0. The molecule has 1 unspecified atom stereocenters. The van der Waals surface area contributed by atoms with Crippen LogP contribution in [0.3, 0.4) is 0 Å². The van der Waals surface area contributed by atoms with E-state index in [1.165, 1.54) is 23.0 Å². The van der Waals surface area contributed by atoms with Crippen LogP contribution < -0.4 is 10.6 Å². The standard InChI is InChI=1S/C20H20FN5O2/c21-15-8-5-13(6-9-15)11-26-12-18(24-25-26)20(28)23-17-10-7-14-3-1-2-4-16(14)22-19(17)27/h1-6,8-9,12,17,19,22,27H,7,10-11H2,(H,23,28)/t17-,19?/m0/s1. The second kappa shape index (κ2) is 7.77. The number of aromatic nitrogens is 3. The van der Waals surface area contributed by atoms with E-state index in [1.807, 2.05) is 24.3 Å². The first kappa shape index (κ1) is 18.1. The average Bonchev–Trinajstić information content (AvgIpc) is 3.10. The number of hydrogen-bond acceptors (Lipinski definition) is 5. The van der Waals surface area contributed by atoms with Gasteiger partial charge in [-0.2, -0.15) is 0 Å². The Morgan fingerprint density at radius 3 is 2.86 bits per heavy atom. The molecule has 0 saturated carbocycles. The van der Waals surface area contributed by atoms with Gasteiger partial charge in [-0.05, 0) is 42.2 Å². The molecule has 2 atom stereocenters. The highest BCUT2D eigenvalue weighted by molar-refractivity contribution is 5.92. The molecule has 1 aromatic heterocycles. The molecule has 0 bridgehead atoms. The summed E-state index contributed by atoms with van der Waals surface area (Å²) in [5.74, 6) is -0.706. The minimum absolute atomic E-state index is 0.163. The van der Waals surface area contributed by atoms with Gasteiger partial charge in [0, 0.05) is 5.69 Å². The Hall–Kier alpha value is -3.26. The highest BCUT2D eigenvalue weighted by Crippen LogP contribution is 2.23. The summed E-state index contributed by atoms with van der Waals surface area (Å²) >= 11 is 0. The number of anilines is 1. The predicted octanol–water partition coefficient (Wildman–Crippen LogP) is 1.94. The number of carbonyl (C=O) groups is 1. The third-order valence-corrected chi connectivity index (χ3v) is 4.77. The average molecular weight is 381 g/mol. The second-order valence-electron chi connectivity index (χ2n) is 6.79. The third-order valence-electron chi connectivity index (χ3n) is 4.77. The monoisotopic (exact) mass is 381 g/mol. The summed E-state index contributed by atoms with van der Waals surface area (Å²) in [6.07, 6.45) is 1.97. The van der Waals surface area contributed by atoms with Gasteiger partial charge >= 0.3 is 0 Å². The molecule has 0 fully saturated rings. The molecule has 1 amide bonds. The van der Waals surface area contributed by atoms with E-state index in [2.05, 4.69) is 20.9 Å². The quantitative estimate of drug-likeness (QED) is 0.642. The zero-order valence-electron chi connectivity index (χ0n) is 15.0. The number of benzene rings is 2. The van der Waals surface area contributed by atoms with Crippen molar-refractivity contribution in [3.05, 3.63) is 77.4 Å². The van der Waals surface area contributed by atoms with Crippen molar-refractivity contribution in [3.63, 3.8) is 0 Å². The number of halogens is 1. The van der Waals surface area contributed by atoms with Gasteiger partial charge in [0.25, 0.3) is 5.91 Å². The molecule has 3 N–H and O–H groups in total. The van der Waals surface area contributed by atoms with E-state index >= 15 is 0 Å².